The van der Waals surface area contributed by atoms with Gasteiger partial charge in [0.1, 0.15) is 17.2 Å². The van der Waals surface area contributed by atoms with Crippen molar-refractivity contribution in [1.82, 2.24) is 19.5 Å². The molecule has 4 aromatic rings. The van der Waals surface area contributed by atoms with Crippen molar-refractivity contribution in [2.75, 3.05) is 19.0 Å². The van der Waals surface area contributed by atoms with Gasteiger partial charge in [-0.3, -0.25) is 9.78 Å². The van der Waals surface area contributed by atoms with E-state index in [2.05, 4.69) is 15.0 Å². The maximum Gasteiger partial charge on any atom is 0.269 e. The van der Waals surface area contributed by atoms with Crippen LogP contribution < -0.4 is 10.5 Å². The van der Waals surface area contributed by atoms with Crippen molar-refractivity contribution in [2.24, 2.45) is 0 Å². The molecule has 28 heavy (non-hydrogen) atoms. The van der Waals surface area contributed by atoms with Gasteiger partial charge in [0.05, 0.1) is 24.5 Å². The summed E-state index contributed by atoms with van der Waals surface area (Å²) in [5.74, 6) is 0.428. The quantitative estimate of drug-likeness (QED) is 0.548. The van der Waals surface area contributed by atoms with E-state index in [0.717, 1.165) is 16.9 Å². The van der Waals surface area contributed by atoms with Crippen molar-refractivity contribution in [3.05, 3.63) is 82.9 Å². The lowest BCUT2D eigenvalue weighted by Crippen LogP contribution is -2.21. The fourth-order valence-corrected chi connectivity index (χ4v) is 3.05. The predicted molar refractivity (Wildman–Crippen MR) is 107 cm³/mol. The number of hydrogen-bond acceptors (Lipinski definition) is 5. The first-order valence-electron chi connectivity index (χ1n) is 8.74. The molecule has 3 heterocycles. The van der Waals surface area contributed by atoms with E-state index in [0.29, 0.717) is 16.6 Å². The molecule has 6 nitrogen and oxygen atoms in total. The number of halogens is 1. The van der Waals surface area contributed by atoms with E-state index in [-0.39, 0.29) is 17.9 Å². The second-order valence-electron chi connectivity index (χ2n) is 6.65. The first-order valence-corrected chi connectivity index (χ1v) is 8.74. The van der Waals surface area contributed by atoms with Gasteiger partial charge in [0.15, 0.2) is 0 Å². The molecule has 0 aliphatic carbocycles. The monoisotopic (exact) mass is 375 g/mol. The number of nitrogens with zero attached hydrogens (tertiary/aromatic N) is 5. The van der Waals surface area contributed by atoms with E-state index in [1.165, 1.54) is 16.8 Å². The number of hydrogen-bond donors (Lipinski definition) is 0. The van der Waals surface area contributed by atoms with Crippen LogP contribution in [0.25, 0.3) is 22.2 Å². The van der Waals surface area contributed by atoms with Crippen molar-refractivity contribution in [1.29, 1.82) is 0 Å². The predicted octanol–water partition coefficient (Wildman–Crippen LogP) is 3.11. The van der Waals surface area contributed by atoms with Gasteiger partial charge in [0.2, 0.25) is 0 Å². The fraction of sp³-hybridized carbons (Fsp3) is 0.143. The van der Waals surface area contributed by atoms with Crippen LogP contribution in [0, 0.1) is 5.82 Å². The number of aromatic nitrogens is 4. The number of fused-ring (bicyclic) bond motifs is 1. The Balaban J connectivity index is 1.71. The molecule has 0 aliphatic heterocycles. The normalized spacial score (nSPS) is 11.0. The van der Waals surface area contributed by atoms with E-state index < -0.39 is 0 Å². The molecule has 0 saturated carbocycles. The standard InChI is InChI=1S/C21H18FN5O/c1-26(2)20-10-15(5-8-24-20)14-3-4-16(17(22)9-14)13-27-19-6-7-23-11-18(19)25-12-21(27)28/h3-12H,13H2,1-2H3. The first-order chi connectivity index (χ1) is 13.5. The van der Waals surface area contributed by atoms with Crippen LogP contribution in [0.1, 0.15) is 5.56 Å². The summed E-state index contributed by atoms with van der Waals surface area (Å²) in [6.07, 6.45) is 6.10. The van der Waals surface area contributed by atoms with Crippen LogP contribution in [0.2, 0.25) is 0 Å². The van der Waals surface area contributed by atoms with Gasteiger partial charge in [-0.15, -0.1) is 0 Å². The molecule has 0 N–H and O–H groups in total. The first kappa shape index (κ1) is 17.8. The Morgan fingerprint density at radius 2 is 1.82 bits per heavy atom. The van der Waals surface area contributed by atoms with Gasteiger partial charge in [0.25, 0.3) is 5.56 Å². The molecule has 0 saturated heterocycles. The van der Waals surface area contributed by atoms with Crippen molar-refractivity contribution in [3.63, 3.8) is 0 Å². The summed E-state index contributed by atoms with van der Waals surface area (Å²) in [5, 5.41) is 0. The zero-order valence-electron chi connectivity index (χ0n) is 15.5. The van der Waals surface area contributed by atoms with Gasteiger partial charge in [-0.2, -0.15) is 0 Å². The molecule has 4 rings (SSSR count). The maximum atomic E-state index is 14.8. The second-order valence-corrected chi connectivity index (χ2v) is 6.65. The topological polar surface area (TPSA) is 63.9 Å². The minimum atomic E-state index is -0.369. The van der Waals surface area contributed by atoms with Gasteiger partial charge in [-0.1, -0.05) is 12.1 Å². The third kappa shape index (κ3) is 3.34. The maximum absolute atomic E-state index is 14.8. The molecular formula is C21H18FN5O. The van der Waals surface area contributed by atoms with Crippen LogP contribution in [0.4, 0.5) is 10.2 Å². The average Bonchev–Trinajstić information content (AvgIpc) is 2.71. The molecule has 0 bridgehead atoms. The molecule has 0 fully saturated rings. The zero-order chi connectivity index (χ0) is 19.7. The van der Waals surface area contributed by atoms with Crippen LogP contribution >= 0.6 is 0 Å². The Labute approximate surface area is 160 Å². The molecule has 0 spiro atoms. The molecule has 7 heteroatoms. The number of benzene rings is 1. The summed E-state index contributed by atoms with van der Waals surface area (Å²) in [7, 11) is 3.81. The van der Waals surface area contributed by atoms with E-state index in [9.17, 15) is 9.18 Å². The van der Waals surface area contributed by atoms with Crippen LogP contribution in [-0.4, -0.2) is 33.6 Å². The average molecular weight is 375 g/mol. The second kappa shape index (κ2) is 7.19. The summed E-state index contributed by atoms with van der Waals surface area (Å²) < 4.78 is 16.3. The molecule has 140 valence electrons. The van der Waals surface area contributed by atoms with Crippen LogP contribution in [0.3, 0.4) is 0 Å². The third-order valence-electron chi connectivity index (χ3n) is 4.57. The summed E-state index contributed by atoms with van der Waals surface area (Å²) >= 11 is 0. The summed E-state index contributed by atoms with van der Waals surface area (Å²) in [5.41, 5.74) is 2.98. The number of pyridine rings is 2. The molecule has 1 aromatic carbocycles. The lowest BCUT2D eigenvalue weighted by atomic mass is 10.0. The van der Waals surface area contributed by atoms with E-state index in [4.69, 9.17) is 0 Å². The van der Waals surface area contributed by atoms with E-state index in [1.54, 1.807) is 30.7 Å². The van der Waals surface area contributed by atoms with Gasteiger partial charge in [0, 0.05) is 32.1 Å². The lowest BCUT2D eigenvalue weighted by molar-refractivity contribution is 0.599. The Hall–Kier alpha value is -3.61. The van der Waals surface area contributed by atoms with Gasteiger partial charge < -0.3 is 9.47 Å². The zero-order valence-corrected chi connectivity index (χ0v) is 15.5. The third-order valence-corrected chi connectivity index (χ3v) is 4.57. The minimum absolute atomic E-state index is 0.118. The van der Waals surface area contributed by atoms with Crippen LogP contribution in [0.15, 0.2) is 66.0 Å². The highest BCUT2D eigenvalue weighted by Crippen LogP contribution is 2.25. The fourth-order valence-electron chi connectivity index (χ4n) is 3.05. The highest BCUT2D eigenvalue weighted by Gasteiger charge is 2.10. The highest BCUT2D eigenvalue weighted by molar-refractivity contribution is 5.73. The molecule has 0 amide bonds. The Bertz CT molecular complexity index is 1220. The van der Waals surface area contributed by atoms with Crippen molar-refractivity contribution < 1.29 is 4.39 Å². The van der Waals surface area contributed by atoms with Crippen molar-refractivity contribution in [3.8, 4) is 11.1 Å². The van der Waals surface area contributed by atoms with Gasteiger partial charge >= 0.3 is 0 Å². The van der Waals surface area contributed by atoms with Crippen molar-refractivity contribution >= 4 is 16.9 Å². The minimum Gasteiger partial charge on any atom is -0.363 e. The Morgan fingerprint density at radius 3 is 2.61 bits per heavy atom. The SMILES string of the molecule is CN(C)c1cc(-c2ccc(Cn3c(=O)cnc4cnccc43)c(F)c2)ccn1. The molecule has 0 aliphatic rings. The van der Waals surface area contributed by atoms with Gasteiger partial charge in [-0.25, -0.2) is 14.4 Å². The summed E-state index contributed by atoms with van der Waals surface area (Å²) in [6.45, 7) is 0.118. The number of rotatable bonds is 4. The summed E-state index contributed by atoms with van der Waals surface area (Å²) in [4.78, 5) is 26.6. The summed E-state index contributed by atoms with van der Waals surface area (Å²) in [6, 6.07) is 10.5. The largest absolute Gasteiger partial charge is 0.363 e. The molecule has 0 radical (unpaired) electrons. The Morgan fingerprint density at radius 1 is 1.00 bits per heavy atom. The van der Waals surface area contributed by atoms with Crippen molar-refractivity contribution in [2.45, 2.75) is 6.54 Å². The molecular weight excluding hydrogens is 357 g/mol. The van der Waals surface area contributed by atoms with Gasteiger partial charge in [-0.05, 0) is 35.4 Å². The molecule has 0 atom stereocenters. The number of anilines is 1. The highest BCUT2D eigenvalue weighted by atomic mass is 19.1. The lowest BCUT2D eigenvalue weighted by Gasteiger charge is -2.13. The van der Waals surface area contributed by atoms with E-state index in [1.807, 2.05) is 37.2 Å². The molecule has 3 aromatic heterocycles. The smallest absolute Gasteiger partial charge is 0.269 e. The van der Waals surface area contributed by atoms with Crippen LogP contribution in [-0.2, 0) is 6.54 Å². The molecule has 0 unspecified atom stereocenters. The Kier molecular flexibility index (Phi) is 4.57. The van der Waals surface area contributed by atoms with E-state index >= 15 is 0 Å². The van der Waals surface area contributed by atoms with Crippen LogP contribution in [0.5, 0.6) is 0 Å².